The summed E-state index contributed by atoms with van der Waals surface area (Å²) in [6.45, 7) is 5.15. The average molecular weight is 283 g/mol. The quantitative estimate of drug-likeness (QED) is 0.779. The Labute approximate surface area is 123 Å². The van der Waals surface area contributed by atoms with Gasteiger partial charge in [0.15, 0.2) is 5.65 Å². The Morgan fingerprint density at radius 3 is 2.38 bits per heavy atom. The zero-order valence-electron chi connectivity index (χ0n) is 12.1. The Bertz CT molecular complexity index is 735. The SMILES string of the molecule is CCOc1ccc(-c2nc3nc(OCC)ccc3[nH]2)cc1. The van der Waals surface area contributed by atoms with E-state index in [1.54, 1.807) is 0 Å². The molecule has 0 fully saturated rings. The fourth-order valence-electron chi connectivity index (χ4n) is 2.12. The molecule has 1 N–H and O–H groups in total. The first-order valence-corrected chi connectivity index (χ1v) is 7.03. The van der Waals surface area contributed by atoms with Crippen molar-refractivity contribution >= 4 is 11.2 Å². The van der Waals surface area contributed by atoms with Gasteiger partial charge in [0.05, 0.1) is 18.7 Å². The van der Waals surface area contributed by atoms with Crippen molar-refractivity contribution in [1.82, 2.24) is 15.0 Å². The highest BCUT2D eigenvalue weighted by Gasteiger charge is 2.07. The smallest absolute Gasteiger partial charge is 0.215 e. The minimum atomic E-state index is 0.592. The third kappa shape index (κ3) is 2.81. The lowest BCUT2D eigenvalue weighted by atomic mass is 10.2. The predicted octanol–water partition coefficient (Wildman–Crippen LogP) is 3.42. The Morgan fingerprint density at radius 2 is 1.67 bits per heavy atom. The molecule has 0 aliphatic rings. The van der Waals surface area contributed by atoms with Crippen molar-refractivity contribution in [3.8, 4) is 23.0 Å². The molecule has 0 saturated heterocycles. The van der Waals surface area contributed by atoms with Crippen LogP contribution in [0.4, 0.5) is 0 Å². The maximum atomic E-state index is 5.44. The number of fused-ring (bicyclic) bond motifs is 1. The van der Waals surface area contributed by atoms with E-state index in [0.29, 0.717) is 24.7 Å². The Morgan fingerprint density at radius 1 is 0.905 bits per heavy atom. The van der Waals surface area contributed by atoms with E-state index in [1.165, 1.54) is 0 Å². The fourth-order valence-corrected chi connectivity index (χ4v) is 2.12. The van der Waals surface area contributed by atoms with Crippen LogP contribution in [-0.2, 0) is 0 Å². The van der Waals surface area contributed by atoms with E-state index >= 15 is 0 Å². The number of nitrogens with zero attached hydrogens (tertiary/aromatic N) is 2. The number of imidazole rings is 1. The van der Waals surface area contributed by atoms with Crippen molar-refractivity contribution in [2.45, 2.75) is 13.8 Å². The molecule has 1 aromatic carbocycles. The van der Waals surface area contributed by atoms with Gasteiger partial charge in [-0.1, -0.05) is 0 Å². The predicted molar refractivity (Wildman–Crippen MR) is 81.7 cm³/mol. The van der Waals surface area contributed by atoms with Gasteiger partial charge in [-0.3, -0.25) is 0 Å². The topological polar surface area (TPSA) is 60.0 Å². The molecule has 108 valence electrons. The normalized spacial score (nSPS) is 10.8. The zero-order valence-corrected chi connectivity index (χ0v) is 12.1. The molecule has 0 aliphatic heterocycles. The lowest BCUT2D eigenvalue weighted by Gasteiger charge is -2.02. The number of aromatic nitrogens is 3. The first-order valence-electron chi connectivity index (χ1n) is 7.03. The van der Waals surface area contributed by atoms with Gasteiger partial charge in [0.25, 0.3) is 0 Å². The number of nitrogens with one attached hydrogen (secondary N) is 1. The first-order chi connectivity index (χ1) is 10.3. The number of aromatic amines is 1. The molecule has 0 amide bonds. The van der Waals surface area contributed by atoms with Gasteiger partial charge in [-0.05, 0) is 44.2 Å². The summed E-state index contributed by atoms with van der Waals surface area (Å²) >= 11 is 0. The third-order valence-electron chi connectivity index (χ3n) is 3.05. The molecule has 0 spiro atoms. The summed E-state index contributed by atoms with van der Waals surface area (Å²) in [4.78, 5) is 12.1. The molecule has 0 aliphatic carbocycles. The van der Waals surface area contributed by atoms with Crippen molar-refractivity contribution in [1.29, 1.82) is 0 Å². The average Bonchev–Trinajstić information content (AvgIpc) is 2.92. The minimum absolute atomic E-state index is 0.592. The number of ether oxygens (including phenoxy) is 2. The monoisotopic (exact) mass is 283 g/mol. The molecule has 21 heavy (non-hydrogen) atoms. The molecule has 0 atom stereocenters. The summed E-state index contributed by atoms with van der Waals surface area (Å²) in [7, 11) is 0. The molecule has 0 unspecified atom stereocenters. The first kappa shape index (κ1) is 13.4. The van der Waals surface area contributed by atoms with Crippen molar-refractivity contribution < 1.29 is 9.47 Å². The molecule has 3 rings (SSSR count). The molecular weight excluding hydrogens is 266 g/mol. The number of rotatable bonds is 5. The second-order valence-corrected chi connectivity index (χ2v) is 4.50. The van der Waals surface area contributed by atoms with Crippen LogP contribution in [0.3, 0.4) is 0 Å². The van der Waals surface area contributed by atoms with Crippen LogP contribution in [0.15, 0.2) is 36.4 Å². The van der Waals surface area contributed by atoms with Crippen molar-refractivity contribution in [3.05, 3.63) is 36.4 Å². The highest BCUT2D eigenvalue weighted by Crippen LogP contribution is 2.23. The highest BCUT2D eigenvalue weighted by atomic mass is 16.5. The number of H-pyrrole nitrogens is 1. The molecule has 0 saturated carbocycles. The lowest BCUT2D eigenvalue weighted by molar-refractivity contribution is 0.328. The van der Waals surface area contributed by atoms with Gasteiger partial charge in [0.1, 0.15) is 11.6 Å². The van der Waals surface area contributed by atoms with E-state index in [4.69, 9.17) is 9.47 Å². The van der Waals surface area contributed by atoms with E-state index in [9.17, 15) is 0 Å². The summed E-state index contributed by atoms with van der Waals surface area (Å²) < 4.78 is 10.8. The molecular formula is C16H17N3O2. The molecule has 2 heterocycles. The summed E-state index contributed by atoms with van der Waals surface area (Å²) in [6, 6.07) is 11.6. The zero-order chi connectivity index (χ0) is 14.7. The van der Waals surface area contributed by atoms with Gasteiger partial charge >= 0.3 is 0 Å². The summed E-state index contributed by atoms with van der Waals surface area (Å²) in [5.41, 5.74) is 2.54. The van der Waals surface area contributed by atoms with Crippen LogP contribution in [-0.4, -0.2) is 28.2 Å². The van der Waals surface area contributed by atoms with Gasteiger partial charge < -0.3 is 14.5 Å². The number of pyridine rings is 1. The second kappa shape index (κ2) is 5.83. The van der Waals surface area contributed by atoms with Crippen LogP contribution in [0.1, 0.15) is 13.8 Å². The maximum absolute atomic E-state index is 5.44. The molecule has 0 bridgehead atoms. The van der Waals surface area contributed by atoms with E-state index < -0.39 is 0 Å². The van der Waals surface area contributed by atoms with E-state index in [1.807, 2.05) is 50.2 Å². The van der Waals surface area contributed by atoms with E-state index in [0.717, 1.165) is 22.7 Å². The third-order valence-corrected chi connectivity index (χ3v) is 3.05. The van der Waals surface area contributed by atoms with Crippen LogP contribution in [0.5, 0.6) is 11.6 Å². The van der Waals surface area contributed by atoms with Gasteiger partial charge in [0.2, 0.25) is 5.88 Å². The van der Waals surface area contributed by atoms with E-state index in [2.05, 4.69) is 15.0 Å². The Balaban J connectivity index is 1.92. The largest absolute Gasteiger partial charge is 0.494 e. The van der Waals surface area contributed by atoms with Crippen LogP contribution >= 0.6 is 0 Å². The summed E-state index contributed by atoms with van der Waals surface area (Å²) in [5, 5.41) is 0. The lowest BCUT2D eigenvalue weighted by Crippen LogP contribution is -1.93. The second-order valence-electron chi connectivity index (χ2n) is 4.50. The Hall–Kier alpha value is -2.56. The summed E-state index contributed by atoms with van der Waals surface area (Å²) in [6.07, 6.45) is 0. The summed E-state index contributed by atoms with van der Waals surface area (Å²) in [5.74, 6) is 2.23. The molecule has 5 heteroatoms. The van der Waals surface area contributed by atoms with Crippen LogP contribution in [0.25, 0.3) is 22.6 Å². The minimum Gasteiger partial charge on any atom is -0.494 e. The van der Waals surface area contributed by atoms with Crippen molar-refractivity contribution in [3.63, 3.8) is 0 Å². The standard InChI is InChI=1S/C16H17N3O2/c1-3-20-12-7-5-11(6-8-12)15-17-13-9-10-14(21-4-2)18-16(13)19-15/h5-10H,3-4H2,1-2H3,(H,17,18,19). The molecule has 5 nitrogen and oxygen atoms in total. The molecule has 0 radical (unpaired) electrons. The fraction of sp³-hybridized carbons (Fsp3) is 0.250. The number of benzene rings is 1. The van der Waals surface area contributed by atoms with Crippen LogP contribution in [0.2, 0.25) is 0 Å². The van der Waals surface area contributed by atoms with Gasteiger partial charge in [-0.2, -0.15) is 4.98 Å². The molecule has 2 aromatic heterocycles. The molecule has 3 aromatic rings. The van der Waals surface area contributed by atoms with Crippen molar-refractivity contribution in [2.75, 3.05) is 13.2 Å². The van der Waals surface area contributed by atoms with Gasteiger partial charge in [0, 0.05) is 11.6 Å². The number of hydrogen-bond acceptors (Lipinski definition) is 4. The maximum Gasteiger partial charge on any atom is 0.215 e. The highest BCUT2D eigenvalue weighted by molar-refractivity contribution is 5.76. The van der Waals surface area contributed by atoms with Gasteiger partial charge in [-0.15, -0.1) is 0 Å². The van der Waals surface area contributed by atoms with Crippen LogP contribution in [0, 0.1) is 0 Å². The van der Waals surface area contributed by atoms with Crippen LogP contribution < -0.4 is 9.47 Å². The van der Waals surface area contributed by atoms with Crippen molar-refractivity contribution in [2.24, 2.45) is 0 Å². The van der Waals surface area contributed by atoms with E-state index in [-0.39, 0.29) is 0 Å². The number of hydrogen-bond donors (Lipinski definition) is 1. The Kier molecular flexibility index (Phi) is 3.73. The van der Waals surface area contributed by atoms with Gasteiger partial charge in [-0.25, -0.2) is 4.98 Å².